The van der Waals surface area contributed by atoms with Crippen LogP contribution in [0, 0.1) is 6.92 Å². The molecule has 4 heteroatoms. The summed E-state index contributed by atoms with van der Waals surface area (Å²) in [5.41, 5.74) is 2.22. The zero-order valence-corrected chi connectivity index (χ0v) is 14.6. The van der Waals surface area contributed by atoms with Crippen molar-refractivity contribution in [2.24, 2.45) is 0 Å². The van der Waals surface area contributed by atoms with Gasteiger partial charge in [-0.1, -0.05) is 25.1 Å². The van der Waals surface area contributed by atoms with Crippen molar-refractivity contribution in [2.75, 3.05) is 6.54 Å². The van der Waals surface area contributed by atoms with Gasteiger partial charge in [0, 0.05) is 10.3 Å². The zero-order chi connectivity index (χ0) is 14.8. The Morgan fingerprint density at radius 1 is 1.29 bits per heavy atom. The summed E-state index contributed by atoms with van der Waals surface area (Å²) in [4.78, 5) is 1.28. The van der Waals surface area contributed by atoms with Gasteiger partial charge in [0.2, 0.25) is 0 Å². The predicted molar refractivity (Wildman–Crippen MR) is 93.1 cm³/mol. The minimum absolute atomic E-state index is 0.118. The van der Waals surface area contributed by atoms with Crippen LogP contribution in [0.1, 0.15) is 35.6 Å². The largest absolute Gasteiger partial charge is 0.459 e. The highest BCUT2D eigenvalue weighted by Crippen LogP contribution is 2.36. The number of fused-ring (bicyclic) bond motifs is 1. The third-order valence-electron chi connectivity index (χ3n) is 3.49. The highest BCUT2D eigenvalue weighted by Gasteiger charge is 2.20. The first kappa shape index (κ1) is 14.8. The van der Waals surface area contributed by atoms with Gasteiger partial charge in [0.25, 0.3) is 0 Å². The molecule has 0 spiro atoms. The topological polar surface area (TPSA) is 25.2 Å². The molecule has 0 saturated heterocycles. The molecular weight excluding hydrogens is 346 g/mol. The Morgan fingerprint density at radius 3 is 2.76 bits per heavy atom. The van der Waals surface area contributed by atoms with Crippen molar-refractivity contribution in [2.45, 2.75) is 26.3 Å². The maximum absolute atomic E-state index is 6.06. The molecule has 0 bridgehead atoms. The molecule has 2 aromatic heterocycles. The molecule has 2 nitrogen and oxygen atoms in total. The van der Waals surface area contributed by atoms with Gasteiger partial charge < -0.3 is 9.73 Å². The summed E-state index contributed by atoms with van der Waals surface area (Å²) >= 11 is 5.39. The van der Waals surface area contributed by atoms with Gasteiger partial charge in [0.05, 0.1) is 3.79 Å². The maximum atomic E-state index is 6.06. The number of aryl methyl sites for hydroxylation is 1. The number of benzene rings is 1. The molecule has 3 aromatic rings. The number of halogens is 1. The first-order valence-corrected chi connectivity index (χ1v) is 8.77. The number of hydrogen-bond donors (Lipinski definition) is 1. The Bertz CT molecular complexity index is 694. The summed E-state index contributed by atoms with van der Waals surface area (Å²) in [5.74, 6) is 0.985. The van der Waals surface area contributed by atoms with Crippen LogP contribution >= 0.6 is 27.3 Å². The third kappa shape index (κ3) is 3.07. The molecule has 110 valence electrons. The van der Waals surface area contributed by atoms with Crippen molar-refractivity contribution >= 4 is 38.2 Å². The average Bonchev–Trinajstić information content (AvgIpc) is 3.04. The molecule has 0 fully saturated rings. The SMILES string of the molecule is CCCNC(c1cc2ccccc2o1)c1cc(C)c(Br)s1. The molecule has 21 heavy (non-hydrogen) atoms. The van der Waals surface area contributed by atoms with Crippen LogP contribution in [0.3, 0.4) is 0 Å². The van der Waals surface area contributed by atoms with Crippen LogP contribution in [0.4, 0.5) is 0 Å². The lowest BCUT2D eigenvalue weighted by molar-refractivity contribution is 0.473. The van der Waals surface area contributed by atoms with E-state index in [1.807, 2.05) is 18.2 Å². The summed E-state index contributed by atoms with van der Waals surface area (Å²) in [6, 6.07) is 12.7. The van der Waals surface area contributed by atoms with Gasteiger partial charge in [-0.25, -0.2) is 0 Å². The van der Waals surface area contributed by atoms with Crippen molar-refractivity contribution in [1.82, 2.24) is 5.32 Å². The van der Waals surface area contributed by atoms with Crippen molar-refractivity contribution in [3.8, 4) is 0 Å². The zero-order valence-electron chi connectivity index (χ0n) is 12.2. The Balaban J connectivity index is 2.01. The lowest BCUT2D eigenvalue weighted by Gasteiger charge is -2.14. The number of furan rings is 1. The van der Waals surface area contributed by atoms with E-state index in [0.717, 1.165) is 29.7 Å². The van der Waals surface area contributed by atoms with Crippen molar-refractivity contribution in [3.63, 3.8) is 0 Å². The summed E-state index contributed by atoms with van der Waals surface area (Å²) in [6.45, 7) is 5.27. The van der Waals surface area contributed by atoms with Crippen molar-refractivity contribution in [3.05, 3.63) is 56.4 Å². The average molecular weight is 364 g/mol. The number of para-hydroxylation sites is 1. The first-order valence-electron chi connectivity index (χ1n) is 7.16. The highest BCUT2D eigenvalue weighted by atomic mass is 79.9. The van der Waals surface area contributed by atoms with Gasteiger partial charge >= 0.3 is 0 Å². The highest BCUT2D eigenvalue weighted by molar-refractivity contribution is 9.11. The van der Waals surface area contributed by atoms with E-state index in [-0.39, 0.29) is 6.04 Å². The second kappa shape index (κ2) is 6.34. The van der Waals surface area contributed by atoms with Gasteiger partial charge in [-0.05, 0) is 59.6 Å². The Kier molecular flexibility index (Phi) is 4.48. The quantitative estimate of drug-likeness (QED) is 0.632. The van der Waals surface area contributed by atoms with E-state index in [9.17, 15) is 0 Å². The molecule has 0 aliphatic carbocycles. The molecule has 0 aliphatic heterocycles. The minimum atomic E-state index is 0.118. The van der Waals surface area contributed by atoms with E-state index in [1.54, 1.807) is 11.3 Å². The molecule has 1 unspecified atom stereocenters. The molecule has 3 rings (SSSR count). The molecule has 1 N–H and O–H groups in total. The maximum Gasteiger partial charge on any atom is 0.134 e. The lowest BCUT2D eigenvalue weighted by atomic mass is 10.1. The van der Waals surface area contributed by atoms with E-state index in [4.69, 9.17) is 4.42 Å². The first-order chi connectivity index (χ1) is 10.2. The van der Waals surface area contributed by atoms with Crippen LogP contribution in [0.5, 0.6) is 0 Å². The van der Waals surface area contributed by atoms with Crippen LogP contribution in [-0.2, 0) is 0 Å². The summed E-state index contributed by atoms with van der Waals surface area (Å²) < 4.78 is 7.25. The summed E-state index contributed by atoms with van der Waals surface area (Å²) in [5, 5.41) is 4.76. The fourth-order valence-corrected chi connectivity index (χ4v) is 4.06. The molecule has 1 atom stereocenters. The summed E-state index contributed by atoms with van der Waals surface area (Å²) in [7, 11) is 0. The molecule has 0 saturated carbocycles. The Morgan fingerprint density at radius 2 is 2.10 bits per heavy atom. The van der Waals surface area contributed by atoms with Gasteiger partial charge in [-0.2, -0.15) is 0 Å². The van der Waals surface area contributed by atoms with Crippen LogP contribution < -0.4 is 5.32 Å². The van der Waals surface area contributed by atoms with Crippen molar-refractivity contribution in [1.29, 1.82) is 0 Å². The molecule has 2 heterocycles. The van der Waals surface area contributed by atoms with Gasteiger partial charge in [-0.3, -0.25) is 0 Å². The van der Waals surface area contributed by atoms with Gasteiger partial charge in [0.15, 0.2) is 0 Å². The van der Waals surface area contributed by atoms with Crippen LogP contribution in [-0.4, -0.2) is 6.54 Å². The smallest absolute Gasteiger partial charge is 0.134 e. The Labute approximate surface area is 137 Å². The van der Waals surface area contributed by atoms with E-state index < -0.39 is 0 Å². The fourth-order valence-electron chi connectivity index (χ4n) is 2.40. The monoisotopic (exact) mass is 363 g/mol. The van der Waals surface area contributed by atoms with E-state index in [0.29, 0.717) is 0 Å². The van der Waals surface area contributed by atoms with E-state index in [2.05, 4.69) is 53.3 Å². The molecule has 1 aromatic carbocycles. The standard InChI is InChI=1S/C17H18BrNOS/c1-3-8-19-16(15-9-11(2)17(18)21-15)14-10-12-6-4-5-7-13(12)20-14/h4-7,9-10,16,19H,3,8H2,1-2H3. The summed E-state index contributed by atoms with van der Waals surface area (Å²) in [6.07, 6.45) is 1.10. The number of hydrogen-bond acceptors (Lipinski definition) is 3. The van der Waals surface area contributed by atoms with E-state index >= 15 is 0 Å². The van der Waals surface area contributed by atoms with Crippen LogP contribution in [0.15, 0.2) is 44.6 Å². The second-order valence-corrected chi connectivity index (χ2v) is 7.58. The van der Waals surface area contributed by atoms with E-state index in [1.165, 1.54) is 14.2 Å². The molecule has 0 aliphatic rings. The number of rotatable bonds is 5. The van der Waals surface area contributed by atoms with Crippen LogP contribution in [0.2, 0.25) is 0 Å². The second-order valence-electron chi connectivity index (χ2n) is 5.18. The molecular formula is C17H18BrNOS. The molecule has 0 radical (unpaired) electrons. The number of thiophene rings is 1. The van der Waals surface area contributed by atoms with Crippen LogP contribution in [0.25, 0.3) is 11.0 Å². The minimum Gasteiger partial charge on any atom is -0.459 e. The normalized spacial score (nSPS) is 12.9. The predicted octanol–water partition coefficient (Wildman–Crippen LogP) is 5.65. The third-order valence-corrected chi connectivity index (χ3v) is 5.69. The van der Waals surface area contributed by atoms with Gasteiger partial charge in [-0.15, -0.1) is 11.3 Å². The lowest BCUT2D eigenvalue weighted by Crippen LogP contribution is -2.21. The Hall–Kier alpha value is -1.10. The number of nitrogens with one attached hydrogen (secondary N) is 1. The van der Waals surface area contributed by atoms with Crippen molar-refractivity contribution < 1.29 is 4.42 Å². The molecule has 0 amide bonds. The fraction of sp³-hybridized carbons (Fsp3) is 0.294. The van der Waals surface area contributed by atoms with Gasteiger partial charge in [0.1, 0.15) is 17.4 Å².